The maximum atomic E-state index is 12.4. The monoisotopic (exact) mass is 299 g/mol. The summed E-state index contributed by atoms with van der Waals surface area (Å²) in [4.78, 5) is 14.1. The molecule has 0 unspecified atom stereocenters. The van der Waals surface area contributed by atoms with E-state index in [0.717, 1.165) is 19.3 Å². The summed E-state index contributed by atoms with van der Waals surface area (Å²) in [5, 5.41) is 0. The fraction of sp³-hybridized carbons (Fsp3) is 0.533. The summed E-state index contributed by atoms with van der Waals surface area (Å²) >= 11 is 5.63. The lowest BCUT2D eigenvalue weighted by Crippen LogP contribution is -2.28. The number of hydrogen-bond acceptors (Lipinski definition) is 3. The first-order valence-corrected chi connectivity index (χ1v) is 7.21. The molecule has 0 atom stereocenters. The Morgan fingerprint density at radius 1 is 1.20 bits per heavy atom. The Morgan fingerprint density at radius 3 is 2.55 bits per heavy atom. The van der Waals surface area contributed by atoms with E-state index in [1.54, 1.807) is 44.4 Å². The molecule has 20 heavy (non-hydrogen) atoms. The highest BCUT2D eigenvalue weighted by Gasteiger charge is 2.16. The van der Waals surface area contributed by atoms with Crippen LogP contribution in [0.15, 0.2) is 18.2 Å². The molecule has 0 bridgehead atoms. The summed E-state index contributed by atoms with van der Waals surface area (Å²) in [6, 6.07) is 5.21. The molecule has 0 saturated heterocycles. The van der Waals surface area contributed by atoms with E-state index in [1.165, 1.54) is 0 Å². The Balaban J connectivity index is 2.70. The van der Waals surface area contributed by atoms with Crippen LogP contribution in [-0.2, 0) is 0 Å². The van der Waals surface area contributed by atoms with Crippen LogP contribution in [0, 0.1) is 0 Å². The highest BCUT2D eigenvalue weighted by atomic mass is 35.5. The second-order valence-corrected chi connectivity index (χ2v) is 4.92. The summed E-state index contributed by atoms with van der Waals surface area (Å²) < 4.78 is 10.4. The fourth-order valence-corrected chi connectivity index (χ4v) is 2.09. The lowest BCUT2D eigenvalue weighted by atomic mass is 10.1. The van der Waals surface area contributed by atoms with Crippen LogP contribution < -0.4 is 9.47 Å². The van der Waals surface area contributed by atoms with Gasteiger partial charge in [-0.2, -0.15) is 0 Å². The molecule has 1 aromatic carbocycles. The molecule has 0 spiro atoms. The molecule has 0 aliphatic carbocycles. The fourth-order valence-electron chi connectivity index (χ4n) is 1.90. The Bertz CT molecular complexity index is 437. The normalized spacial score (nSPS) is 10.2. The van der Waals surface area contributed by atoms with E-state index in [2.05, 4.69) is 0 Å². The molecule has 112 valence electrons. The number of benzene rings is 1. The van der Waals surface area contributed by atoms with Crippen LogP contribution in [0.2, 0.25) is 0 Å². The van der Waals surface area contributed by atoms with Crippen LogP contribution in [-0.4, -0.2) is 44.5 Å². The van der Waals surface area contributed by atoms with Crippen molar-refractivity contribution in [2.75, 3.05) is 33.7 Å². The van der Waals surface area contributed by atoms with Crippen LogP contribution in [0.1, 0.15) is 29.6 Å². The van der Waals surface area contributed by atoms with E-state index in [4.69, 9.17) is 21.1 Å². The van der Waals surface area contributed by atoms with Crippen molar-refractivity contribution in [3.05, 3.63) is 23.8 Å². The minimum absolute atomic E-state index is 0.0459. The second kappa shape index (κ2) is 8.69. The molecule has 0 N–H and O–H groups in total. The van der Waals surface area contributed by atoms with Crippen LogP contribution in [0.5, 0.6) is 11.5 Å². The van der Waals surface area contributed by atoms with Gasteiger partial charge >= 0.3 is 0 Å². The molecule has 1 amide bonds. The Morgan fingerprint density at radius 2 is 1.95 bits per heavy atom. The summed E-state index contributed by atoms with van der Waals surface area (Å²) in [6.45, 7) is 0.713. The average molecular weight is 300 g/mol. The number of ether oxygens (including phenoxy) is 2. The topological polar surface area (TPSA) is 38.8 Å². The average Bonchev–Trinajstić information content (AvgIpc) is 2.49. The number of nitrogens with zero attached hydrogens (tertiary/aromatic N) is 1. The van der Waals surface area contributed by atoms with Crippen molar-refractivity contribution in [3.8, 4) is 11.5 Å². The van der Waals surface area contributed by atoms with E-state index < -0.39 is 0 Å². The SMILES string of the molecule is COc1ccc(C(=O)N(C)CCCCCCl)c(OC)c1. The van der Waals surface area contributed by atoms with E-state index in [1.807, 2.05) is 0 Å². The molecule has 0 aromatic heterocycles. The third-order valence-corrected chi connectivity index (χ3v) is 3.38. The summed E-state index contributed by atoms with van der Waals surface area (Å²) in [6.07, 6.45) is 2.96. The van der Waals surface area contributed by atoms with E-state index >= 15 is 0 Å². The smallest absolute Gasteiger partial charge is 0.257 e. The predicted molar refractivity (Wildman–Crippen MR) is 81.1 cm³/mol. The van der Waals surface area contributed by atoms with Gasteiger partial charge in [-0.25, -0.2) is 0 Å². The number of rotatable bonds is 8. The van der Waals surface area contributed by atoms with Crippen LogP contribution in [0.25, 0.3) is 0 Å². The maximum absolute atomic E-state index is 12.4. The number of alkyl halides is 1. The van der Waals surface area contributed by atoms with Crippen molar-refractivity contribution in [2.45, 2.75) is 19.3 Å². The first-order valence-electron chi connectivity index (χ1n) is 6.67. The molecular weight excluding hydrogens is 278 g/mol. The van der Waals surface area contributed by atoms with Gasteiger partial charge in [0.2, 0.25) is 0 Å². The number of hydrogen-bond donors (Lipinski definition) is 0. The van der Waals surface area contributed by atoms with Crippen molar-refractivity contribution in [3.63, 3.8) is 0 Å². The zero-order valence-electron chi connectivity index (χ0n) is 12.3. The zero-order chi connectivity index (χ0) is 15.0. The van der Waals surface area contributed by atoms with Gasteiger partial charge in [0.15, 0.2) is 0 Å². The Labute approximate surface area is 125 Å². The number of carbonyl (C=O) groups excluding carboxylic acids is 1. The van der Waals surface area contributed by atoms with Gasteiger partial charge in [-0.3, -0.25) is 4.79 Å². The van der Waals surface area contributed by atoms with Crippen LogP contribution in [0.4, 0.5) is 0 Å². The summed E-state index contributed by atoms with van der Waals surface area (Å²) in [5.74, 6) is 1.82. The third-order valence-electron chi connectivity index (χ3n) is 3.11. The number of methoxy groups -OCH3 is 2. The highest BCUT2D eigenvalue weighted by Crippen LogP contribution is 2.25. The molecular formula is C15H22ClNO3. The highest BCUT2D eigenvalue weighted by molar-refractivity contribution is 6.17. The second-order valence-electron chi connectivity index (χ2n) is 4.54. The Hall–Kier alpha value is -1.42. The third kappa shape index (κ3) is 4.60. The molecule has 1 aromatic rings. The molecule has 5 heteroatoms. The lowest BCUT2D eigenvalue weighted by Gasteiger charge is -2.19. The van der Waals surface area contributed by atoms with Crippen molar-refractivity contribution < 1.29 is 14.3 Å². The van der Waals surface area contributed by atoms with Gasteiger partial charge in [0, 0.05) is 25.5 Å². The van der Waals surface area contributed by atoms with Gasteiger partial charge in [-0.1, -0.05) is 6.42 Å². The number of halogens is 1. The quantitative estimate of drug-likeness (QED) is 0.546. The van der Waals surface area contributed by atoms with E-state index in [0.29, 0.717) is 29.5 Å². The molecule has 0 heterocycles. The van der Waals surface area contributed by atoms with Crippen molar-refractivity contribution in [1.82, 2.24) is 4.90 Å². The molecule has 0 aliphatic heterocycles. The number of amides is 1. The summed E-state index contributed by atoms with van der Waals surface area (Å²) in [7, 11) is 4.93. The van der Waals surface area contributed by atoms with Gasteiger partial charge in [0.05, 0.1) is 19.8 Å². The lowest BCUT2D eigenvalue weighted by molar-refractivity contribution is 0.0789. The molecule has 0 aliphatic rings. The van der Waals surface area contributed by atoms with Gasteiger partial charge < -0.3 is 14.4 Å². The van der Waals surface area contributed by atoms with Crippen molar-refractivity contribution in [2.24, 2.45) is 0 Å². The van der Waals surface area contributed by atoms with E-state index in [-0.39, 0.29) is 5.91 Å². The van der Waals surface area contributed by atoms with Crippen LogP contribution in [0.3, 0.4) is 0 Å². The van der Waals surface area contributed by atoms with Gasteiger partial charge in [-0.15, -0.1) is 11.6 Å². The standard InChI is InChI=1S/C15H22ClNO3/c1-17(10-6-4-5-9-16)15(18)13-8-7-12(19-2)11-14(13)20-3/h7-8,11H,4-6,9-10H2,1-3H3. The minimum Gasteiger partial charge on any atom is -0.497 e. The first-order chi connectivity index (χ1) is 9.63. The number of unbranched alkanes of at least 4 members (excludes halogenated alkanes) is 2. The molecule has 0 radical (unpaired) electrons. The number of carbonyl (C=O) groups is 1. The summed E-state index contributed by atoms with van der Waals surface area (Å²) in [5.41, 5.74) is 0.549. The largest absolute Gasteiger partial charge is 0.497 e. The van der Waals surface area contributed by atoms with Gasteiger partial charge in [0.25, 0.3) is 5.91 Å². The van der Waals surface area contributed by atoms with Gasteiger partial charge in [0.1, 0.15) is 11.5 Å². The molecule has 0 saturated carbocycles. The minimum atomic E-state index is -0.0459. The predicted octanol–water partition coefficient (Wildman–Crippen LogP) is 3.18. The Kier molecular flexibility index (Phi) is 7.23. The van der Waals surface area contributed by atoms with Crippen molar-refractivity contribution >= 4 is 17.5 Å². The van der Waals surface area contributed by atoms with E-state index in [9.17, 15) is 4.79 Å². The molecule has 0 fully saturated rings. The zero-order valence-corrected chi connectivity index (χ0v) is 13.1. The van der Waals surface area contributed by atoms with Crippen molar-refractivity contribution in [1.29, 1.82) is 0 Å². The van der Waals surface area contributed by atoms with Gasteiger partial charge in [-0.05, 0) is 25.0 Å². The van der Waals surface area contributed by atoms with Crippen LogP contribution >= 0.6 is 11.6 Å². The molecule has 1 rings (SSSR count). The molecule has 4 nitrogen and oxygen atoms in total. The first kappa shape index (κ1) is 16.6. The maximum Gasteiger partial charge on any atom is 0.257 e.